The third kappa shape index (κ3) is 3.89. The standard InChI is InChI=1S/C24H16F3N3O2S/c25-24(26,27)16-10-11-20-19(12-16)28-23(29(20)13-15-6-2-1-3-7-15)33-14-30-21(31)17-8-4-5-9-18(17)22(30)32/h1-12H,13-14H2. The second-order valence-electron chi connectivity index (χ2n) is 7.52. The molecule has 2 heterocycles. The number of rotatable bonds is 5. The van der Waals surface area contributed by atoms with E-state index >= 15 is 0 Å². The van der Waals surface area contributed by atoms with Gasteiger partial charge in [0.1, 0.15) is 0 Å². The number of aromatic nitrogens is 2. The van der Waals surface area contributed by atoms with Crippen molar-refractivity contribution in [3.05, 3.63) is 95.1 Å². The van der Waals surface area contributed by atoms with Gasteiger partial charge in [-0.2, -0.15) is 13.2 Å². The molecule has 1 aromatic heterocycles. The minimum Gasteiger partial charge on any atom is -0.314 e. The Hall–Kier alpha value is -3.59. The summed E-state index contributed by atoms with van der Waals surface area (Å²) >= 11 is 1.14. The smallest absolute Gasteiger partial charge is 0.314 e. The van der Waals surface area contributed by atoms with E-state index in [9.17, 15) is 22.8 Å². The van der Waals surface area contributed by atoms with Gasteiger partial charge in [0.25, 0.3) is 11.8 Å². The van der Waals surface area contributed by atoms with E-state index in [1.54, 1.807) is 28.8 Å². The molecule has 0 saturated heterocycles. The number of amides is 2. The van der Waals surface area contributed by atoms with Crippen LogP contribution in [-0.4, -0.2) is 32.1 Å². The Balaban J connectivity index is 1.49. The Morgan fingerprint density at radius 2 is 1.48 bits per heavy atom. The number of alkyl halides is 3. The summed E-state index contributed by atoms with van der Waals surface area (Å²) in [7, 11) is 0. The van der Waals surface area contributed by atoms with Crippen molar-refractivity contribution in [3.8, 4) is 0 Å². The van der Waals surface area contributed by atoms with Gasteiger partial charge in [-0.05, 0) is 35.9 Å². The number of hydrogen-bond acceptors (Lipinski definition) is 4. The van der Waals surface area contributed by atoms with E-state index in [1.165, 1.54) is 6.07 Å². The largest absolute Gasteiger partial charge is 0.416 e. The molecule has 0 bridgehead atoms. The number of carbonyl (C=O) groups is 2. The summed E-state index contributed by atoms with van der Waals surface area (Å²) in [4.78, 5) is 30.9. The number of halogens is 3. The van der Waals surface area contributed by atoms with Crippen molar-refractivity contribution in [1.82, 2.24) is 14.5 Å². The fourth-order valence-corrected chi connectivity index (χ4v) is 4.75. The predicted molar refractivity (Wildman–Crippen MR) is 118 cm³/mol. The van der Waals surface area contributed by atoms with Crippen molar-refractivity contribution in [1.29, 1.82) is 0 Å². The van der Waals surface area contributed by atoms with Crippen molar-refractivity contribution in [2.75, 3.05) is 5.88 Å². The Morgan fingerprint density at radius 3 is 2.12 bits per heavy atom. The first-order valence-corrected chi connectivity index (χ1v) is 11.0. The molecule has 0 fully saturated rings. The highest BCUT2D eigenvalue weighted by Crippen LogP contribution is 2.34. The van der Waals surface area contributed by atoms with Crippen LogP contribution in [0.3, 0.4) is 0 Å². The second kappa shape index (κ2) is 8.08. The van der Waals surface area contributed by atoms with E-state index < -0.39 is 23.6 Å². The van der Waals surface area contributed by atoms with E-state index in [1.807, 2.05) is 30.3 Å². The highest BCUT2D eigenvalue weighted by molar-refractivity contribution is 7.99. The third-order valence-electron chi connectivity index (χ3n) is 5.42. The van der Waals surface area contributed by atoms with Gasteiger partial charge < -0.3 is 4.57 Å². The number of imidazole rings is 1. The number of fused-ring (bicyclic) bond motifs is 2. The fraction of sp³-hybridized carbons (Fsp3) is 0.125. The summed E-state index contributed by atoms with van der Waals surface area (Å²) in [5, 5.41) is 0.421. The van der Waals surface area contributed by atoms with Crippen LogP contribution in [0.1, 0.15) is 31.8 Å². The molecule has 0 aliphatic carbocycles. The molecule has 4 aromatic rings. The van der Waals surface area contributed by atoms with Crippen LogP contribution < -0.4 is 0 Å². The van der Waals surface area contributed by atoms with Crippen molar-refractivity contribution in [2.45, 2.75) is 17.9 Å². The van der Waals surface area contributed by atoms with E-state index in [-0.39, 0.29) is 11.4 Å². The van der Waals surface area contributed by atoms with Gasteiger partial charge >= 0.3 is 6.18 Å². The maximum absolute atomic E-state index is 13.2. The molecule has 0 spiro atoms. The van der Waals surface area contributed by atoms with Crippen LogP contribution in [0.25, 0.3) is 11.0 Å². The Labute approximate surface area is 190 Å². The Morgan fingerprint density at radius 1 is 0.848 bits per heavy atom. The maximum Gasteiger partial charge on any atom is 0.416 e. The lowest BCUT2D eigenvalue weighted by Gasteiger charge is -2.14. The van der Waals surface area contributed by atoms with Gasteiger partial charge in [-0.15, -0.1) is 0 Å². The SMILES string of the molecule is O=C1c2ccccc2C(=O)N1CSc1nc2cc(C(F)(F)F)ccc2n1Cc1ccccc1. The van der Waals surface area contributed by atoms with Crippen molar-refractivity contribution >= 4 is 34.6 Å². The van der Waals surface area contributed by atoms with Crippen LogP contribution in [0.4, 0.5) is 13.2 Å². The van der Waals surface area contributed by atoms with Crippen molar-refractivity contribution in [2.24, 2.45) is 0 Å². The second-order valence-corrected chi connectivity index (χ2v) is 8.44. The zero-order valence-corrected chi connectivity index (χ0v) is 17.9. The monoisotopic (exact) mass is 467 g/mol. The Bertz CT molecular complexity index is 1350. The summed E-state index contributed by atoms with van der Waals surface area (Å²) in [6, 6.07) is 19.5. The molecule has 5 nitrogen and oxygen atoms in total. The normalized spacial score (nSPS) is 13.7. The quantitative estimate of drug-likeness (QED) is 0.289. The molecule has 3 aromatic carbocycles. The van der Waals surface area contributed by atoms with Gasteiger partial charge in [-0.3, -0.25) is 14.5 Å². The summed E-state index contributed by atoms with van der Waals surface area (Å²) < 4.78 is 41.5. The molecule has 0 atom stereocenters. The summed E-state index contributed by atoms with van der Waals surface area (Å²) in [6.45, 7) is 0.382. The van der Waals surface area contributed by atoms with Gasteiger partial charge in [0, 0.05) is 0 Å². The third-order valence-corrected chi connectivity index (χ3v) is 6.38. The molecular weight excluding hydrogens is 451 g/mol. The van der Waals surface area contributed by atoms with Crippen molar-refractivity contribution in [3.63, 3.8) is 0 Å². The van der Waals surface area contributed by atoms with Crippen LogP contribution in [0.2, 0.25) is 0 Å². The van der Waals surface area contributed by atoms with Gasteiger partial charge in [0.15, 0.2) is 5.16 Å². The van der Waals surface area contributed by atoms with Crippen LogP contribution in [0, 0.1) is 0 Å². The Kier molecular flexibility index (Phi) is 5.20. The molecule has 0 radical (unpaired) electrons. The zero-order chi connectivity index (χ0) is 23.2. The summed E-state index contributed by atoms with van der Waals surface area (Å²) in [6.07, 6.45) is -4.48. The number of hydrogen-bond donors (Lipinski definition) is 0. The average molecular weight is 467 g/mol. The lowest BCUT2D eigenvalue weighted by atomic mass is 10.1. The summed E-state index contributed by atoms with van der Waals surface area (Å²) in [5.41, 5.74) is 1.59. The highest BCUT2D eigenvalue weighted by atomic mass is 32.2. The zero-order valence-electron chi connectivity index (χ0n) is 17.0. The minimum absolute atomic E-state index is 0.00339. The molecule has 166 valence electrons. The molecule has 0 N–H and O–H groups in total. The first kappa shape index (κ1) is 21.3. The first-order chi connectivity index (χ1) is 15.8. The fourth-order valence-electron chi connectivity index (χ4n) is 3.79. The molecule has 5 rings (SSSR count). The predicted octanol–water partition coefficient (Wildman–Crippen LogP) is 5.45. The number of nitrogens with zero attached hydrogens (tertiary/aromatic N) is 3. The van der Waals surface area contributed by atoms with Crippen LogP contribution >= 0.6 is 11.8 Å². The molecule has 0 saturated carbocycles. The number of benzene rings is 3. The van der Waals surface area contributed by atoms with E-state index in [0.717, 1.165) is 34.4 Å². The molecule has 9 heteroatoms. The van der Waals surface area contributed by atoms with Crippen LogP contribution in [-0.2, 0) is 12.7 Å². The van der Waals surface area contributed by atoms with Gasteiger partial charge in [0.05, 0.1) is 40.1 Å². The van der Waals surface area contributed by atoms with Gasteiger partial charge in [0.2, 0.25) is 0 Å². The lowest BCUT2D eigenvalue weighted by Crippen LogP contribution is -2.29. The van der Waals surface area contributed by atoms with Crippen LogP contribution in [0.5, 0.6) is 0 Å². The first-order valence-electron chi connectivity index (χ1n) is 10.0. The van der Waals surface area contributed by atoms with E-state index in [4.69, 9.17) is 0 Å². The number of thioether (sulfide) groups is 1. The van der Waals surface area contributed by atoms with Crippen LogP contribution in [0.15, 0.2) is 78.0 Å². The summed E-state index contributed by atoms with van der Waals surface area (Å²) in [5.74, 6) is -0.794. The molecule has 1 aliphatic rings. The molecule has 1 aliphatic heterocycles. The molecular formula is C24H16F3N3O2S. The van der Waals surface area contributed by atoms with Gasteiger partial charge in [-0.1, -0.05) is 54.2 Å². The number of carbonyl (C=O) groups excluding carboxylic acids is 2. The lowest BCUT2D eigenvalue weighted by molar-refractivity contribution is -0.137. The van der Waals surface area contributed by atoms with Crippen molar-refractivity contribution < 1.29 is 22.8 Å². The maximum atomic E-state index is 13.2. The van der Waals surface area contributed by atoms with E-state index in [0.29, 0.717) is 28.3 Å². The van der Waals surface area contributed by atoms with E-state index in [2.05, 4.69) is 4.98 Å². The molecule has 2 amide bonds. The average Bonchev–Trinajstić information content (AvgIpc) is 3.27. The minimum atomic E-state index is -4.48. The molecule has 0 unspecified atom stereocenters. The topological polar surface area (TPSA) is 55.2 Å². The number of imide groups is 1. The highest BCUT2D eigenvalue weighted by Gasteiger charge is 2.35. The van der Waals surface area contributed by atoms with Gasteiger partial charge in [-0.25, -0.2) is 4.98 Å². The molecule has 33 heavy (non-hydrogen) atoms.